The van der Waals surface area contributed by atoms with Crippen molar-refractivity contribution in [1.29, 1.82) is 5.26 Å². The number of fused-ring (bicyclic) bond motifs is 1. The maximum atomic E-state index is 13.7. The monoisotopic (exact) mass is 746 g/mol. The molecule has 3 aromatic rings. The number of benzene rings is 2. The highest BCUT2D eigenvalue weighted by Gasteiger charge is 2.32. The minimum absolute atomic E-state index is 0.165. The number of nitrogens with one attached hydrogen (secondary N) is 2. The number of likely N-dealkylation sites (tertiary alicyclic amines) is 1. The fourth-order valence-corrected chi connectivity index (χ4v) is 9.20. The van der Waals surface area contributed by atoms with E-state index in [2.05, 4.69) is 45.8 Å². The van der Waals surface area contributed by atoms with Gasteiger partial charge in [0, 0.05) is 51.1 Å². The molecule has 4 heterocycles. The molecule has 53 heavy (non-hydrogen) atoms. The number of piperidine rings is 2. The summed E-state index contributed by atoms with van der Waals surface area (Å²) in [7, 11) is -1.91. The molecule has 14 nitrogen and oxygen atoms in total. The Morgan fingerprint density at radius 1 is 1.06 bits per heavy atom. The first-order chi connectivity index (χ1) is 25.1. The van der Waals surface area contributed by atoms with Crippen LogP contribution in [0.1, 0.15) is 82.4 Å². The van der Waals surface area contributed by atoms with Gasteiger partial charge in [0.25, 0.3) is 0 Å². The summed E-state index contributed by atoms with van der Waals surface area (Å²) in [5, 5.41) is 20.6. The normalized spacial score (nSPS) is 19.2. The van der Waals surface area contributed by atoms with Crippen molar-refractivity contribution in [1.82, 2.24) is 29.6 Å². The molecule has 3 fully saturated rings. The number of rotatable bonds is 9. The van der Waals surface area contributed by atoms with Gasteiger partial charge in [0.05, 0.1) is 22.0 Å². The van der Waals surface area contributed by atoms with Gasteiger partial charge in [0.15, 0.2) is 5.82 Å². The Hall–Kier alpha value is -4.52. The summed E-state index contributed by atoms with van der Waals surface area (Å²) in [5.41, 5.74) is 2.78. The quantitative estimate of drug-likeness (QED) is 0.317. The van der Waals surface area contributed by atoms with Gasteiger partial charge in [-0.3, -0.25) is 19.7 Å². The molecule has 3 saturated heterocycles. The van der Waals surface area contributed by atoms with Crippen molar-refractivity contribution >= 4 is 44.8 Å². The van der Waals surface area contributed by atoms with E-state index in [4.69, 9.17) is 4.74 Å². The number of carbonyl (C=O) groups is 3. The van der Waals surface area contributed by atoms with Crippen LogP contribution in [0.5, 0.6) is 0 Å². The number of nitrogens with zero attached hydrogens (tertiary/aromatic N) is 6. The van der Waals surface area contributed by atoms with Gasteiger partial charge in [-0.25, -0.2) is 18.0 Å². The van der Waals surface area contributed by atoms with E-state index in [0.717, 1.165) is 48.9 Å². The number of alkyl carbamates (subject to hydrolysis) is 1. The van der Waals surface area contributed by atoms with E-state index in [-0.39, 0.29) is 42.3 Å². The lowest BCUT2D eigenvalue weighted by Gasteiger charge is -2.34. The Morgan fingerprint density at radius 3 is 2.43 bits per heavy atom. The summed E-state index contributed by atoms with van der Waals surface area (Å²) in [6.45, 7) is 11.1. The van der Waals surface area contributed by atoms with Gasteiger partial charge in [-0.05, 0) is 119 Å². The predicted octanol–water partition coefficient (Wildman–Crippen LogP) is 4.63. The van der Waals surface area contributed by atoms with E-state index < -0.39 is 27.7 Å². The molecule has 3 aliphatic heterocycles. The molecular weight excluding hydrogens is 697 g/mol. The predicted molar refractivity (Wildman–Crippen MR) is 200 cm³/mol. The molecule has 0 aliphatic carbocycles. The molecule has 1 unspecified atom stereocenters. The molecule has 0 radical (unpaired) electrons. The third kappa shape index (κ3) is 8.83. The number of aromatic nitrogens is 2. The second-order valence-corrected chi connectivity index (χ2v) is 17.6. The second-order valence-electron chi connectivity index (χ2n) is 15.6. The van der Waals surface area contributed by atoms with Crippen molar-refractivity contribution in [2.24, 2.45) is 13.0 Å². The average Bonchev–Trinajstić information content (AvgIpc) is 3.42. The van der Waals surface area contributed by atoms with Crippen LogP contribution in [0.15, 0.2) is 41.3 Å². The Morgan fingerprint density at radius 2 is 1.77 bits per heavy atom. The van der Waals surface area contributed by atoms with Gasteiger partial charge in [0.2, 0.25) is 15.9 Å². The van der Waals surface area contributed by atoms with Crippen LogP contribution < -0.4 is 15.5 Å². The lowest BCUT2D eigenvalue weighted by Crippen LogP contribution is -2.49. The van der Waals surface area contributed by atoms with Crippen LogP contribution >= 0.6 is 0 Å². The van der Waals surface area contributed by atoms with Crippen LogP contribution in [-0.2, 0) is 33.0 Å². The molecule has 0 bridgehead atoms. The second kappa shape index (κ2) is 15.5. The van der Waals surface area contributed by atoms with Crippen LogP contribution in [0, 0.1) is 17.2 Å². The number of imide groups is 1. The van der Waals surface area contributed by atoms with Gasteiger partial charge in [0.1, 0.15) is 5.60 Å². The fourth-order valence-electron chi connectivity index (χ4n) is 7.68. The molecule has 15 heteroatoms. The highest BCUT2D eigenvalue weighted by molar-refractivity contribution is 7.89. The molecule has 3 aliphatic rings. The van der Waals surface area contributed by atoms with Crippen molar-refractivity contribution in [3.05, 3.63) is 53.1 Å². The molecule has 1 aromatic heterocycles. The standard InChI is InChI=1S/C38H50N8O6S/c1-25(20-29-21-31(8-6-28(29)23-39)53(50,51)45-17-12-30(13-18-45)40-37(49)52-38(2,3)4)24-44-15-10-26(11-16-44)27-7-9-32-33(22-27)43(5)42-35(32)46-19-14-34(47)41-36(46)48/h6-9,21-22,25-26,30H,10-20,24H2,1-5H3,(H,40,49)(H,41,47,48). The summed E-state index contributed by atoms with van der Waals surface area (Å²) in [6.07, 6.45) is 3.26. The minimum atomic E-state index is -3.78. The van der Waals surface area contributed by atoms with Gasteiger partial charge >= 0.3 is 12.1 Å². The molecular formula is C38H50N8O6S. The minimum Gasteiger partial charge on any atom is -0.444 e. The zero-order valence-corrected chi connectivity index (χ0v) is 32.0. The summed E-state index contributed by atoms with van der Waals surface area (Å²) < 4.78 is 36.0. The largest absolute Gasteiger partial charge is 0.444 e. The van der Waals surface area contributed by atoms with E-state index >= 15 is 0 Å². The van der Waals surface area contributed by atoms with Crippen molar-refractivity contribution in [3.63, 3.8) is 0 Å². The molecule has 0 saturated carbocycles. The zero-order valence-electron chi connectivity index (χ0n) is 31.2. The molecule has 6 rings (SSSR count). The third-order valence-electron chi connectivity index (χ3n) is 10.4. The first kappa shape index (κ1) is 38.2. The number of anilines is 1. The number of sulfonamides is 1. The maximum absolute atomic E-state index is 13.7. The van der Waals surface area contributed by atoms with Gasteiger partial charge in [-0.15, -0.1) is 0 Å². The Labute approximate surface area is 311 Å². The number of urea groups is 1. The Balaban J connectivity index is 1.03. The molecule has 0 spiro atoms. The van der Waals surface area contributed by atoms with Crippen molar-refractivity contribution in [3.8, 4) is 6.07 Å². The van der Waals surface area contributed by atoms with Crippen LogP contribution in [0.3, 0.4) is 0 Å². The molecule has 284 valence electrons. The van der Waals surface area contributed by atoms with Crippen molar-refractivity contribution < 1.29 is 27.5 Å². The molecule has 1 atom stereocenters. The maximum Gasteiger partial charge on any atom is 0.407 e. The lowest BCUT2D eigenvalue weighted by molar-refractivity contribution is -0.120. The molecule has 2 aromatic carbocycles. The highest BCUT2D eigenvalue weighted by atomic mass is 32.2. The SMILES string of the molecule is CC(Cc1cc(S(=O)(=O)N2CCC(NC(=O)OC(C)(C)C)CC2)ccc1C#N)CN1CCC(c2ccc3c(N4CCC(=O)NC4=O)nn(C)c3c2)CC1. The van der Waals surface area contributed by atoms with Gasteiger partial charge in [-0.2, -0.15) is 14.7 Å². The lowest BCUT2D eigenvalue weighted by atomic mass is 9.88. The molecule has 4 amide bonds. The number of carbonyl (C=O) groups excluding carboxylic acids is 3. The topological polar surface area (TPSA) is 170 Å². The number of aryl methyl sites for hydroxylation is 1. The van der Waals surface area contributed by atoms with Gasteiger partial charge < -0.3 is 15.0 Å². The van der Waals surface area contributed by atoms with E-state index in [1.54, 1.807) is 37.6 Å². The smallest absolute Gasteiger partial charge is 0.407 e. The summed E-state index contributed by atoms with van der Waals surface area (Å²) >= 11 is 0. The van der Waals surface area contributed by atoms with Crippen LogP contribution in [0.2, 0.25) is 0 Å². The van der Waals surface area contributed by atoms with E-state index in [0.29, 0.717) is 43.1 Å². The number of ether oxygens (including phenoxy) is 1. The number of hydrogen-bond acceptors (Lipinski definition) is 9. The van der Waals surface area contributed by atoms with E-state index in [1.165, 1.54) is 20.8 Å². The third-order valence-corrected chi connectivity index (χ3v) is 12.3. The van der Waals surface area contributed by atoms with Crippen LogP contribution in [-0.4, -0.2) is 96.3 Å². The zero-order chi connectivity index (χ0) is 38.1. The van der Waals surface area contributed by atoms with Crippen LogP contribution in [0.25, 0.3) is 10.9 Å². The summed E-state index contributed by atoms with van der Waals surface area (Å²) in [6, 6.07) is 12.7. The van der Waals surface area contributed by atoms with E-state index in [1.807, 2.05) is 13.1 Å². The van der Waals surface area contributed by atoms with E-state index in [9.17, 15) is 28.1 Å². The highest BCUT2D eigenvalue weighted by Crippen LogP contribution is 2.34. The summed E-state index contributed by atoms with van der Waals surface area (Å²) in [5.74, 6) is 0.852. The van der Waals surface area contributed by atoms with Crippen molar-refractivity contribution in [2.45, 2.75) is 88.7 Å². The Kier molecular flexibility index (Phi) is 11.1. The van der Waals surface area contributed by atoms with Gasteiger partial charge in [-0.1, -0.05) is 13.0 Å². The number of nitriles is 1. The fraction of sp³-hybridized carbons (Fsp3) is 0.553. The molecule has 2 N–H and O–H groups in total. The number of hydrogen-bond donors (Lipinski definition) is 2. The number of amides is 4. The van der Waals surface area contributed by atoms with Crippen LogP contribution in [0.4, 0.5) is 15.4 Å². The first-order valence-corrected chi connectivity index (χ1v) is 19.9. The average molecular weight is 747 g/mol. The Bertz CT molecular complexity index is 2020. The summed E-state index contributed by atoms with van der Waals surface area (Å²) in [4.78, 5) is 40.5. The van der Waals surface area contributed by atoms with Crippen molar-refractivity contribution in [2.75, 3.05) is 44.2 Å². The first-order valence-electron chi connectivity index (χ1n) is 18.4.